The first-order valence-electron chi connectivity index (χ1n) is 7.34. The van der Waals surface area contributed by atoms with Gasteiger partial charge in [0, 0.05) is 11.6 Å². The maximum Gasteiger partial charge on any atom is 0.416 e. The van der Waals surface area contributed by atoms with Crippen LogP contribution in [-0.4, -0.2) is 30.1 Å². The second kappa shape index (κ2) is 6.98. The molecule has 1 aromatic heterocycles. The van der Waals surface area contributed by atoms with Gasteiger partial charge in [-0.2, -0.15) is 31.4 Å². The number of alkyl halides is 6. The van der Waals surface area contributed by atoms with E-state index in [1.54, 1.807) is 0 Å². The number of nitrogens with zero attached hydrogens (tertiary/aromatic N) is 2. The van der Waals surface area contributed by atoms with Gasteiger partial charge in [-0.3, -0.25) is 4.79 Å². The third-order valence-corrected chi connectivity index (χ3v) is 5.26. The normalized spacial score (nSPS) is 13.0. The molecule has 0 saturated heterocycles. The zero-order valence-corrected chi connectivity index (χ0v) is 14.4. The van der Waals surface area contributed by atoms with Crippen molar-refractivity contribution >= 4 is 9.84 Å². The van der Waals surface area contributed by atoms with Crippen LogP contribution in [0, 0.1) is 0 Å². The maximum absolute atomic E-state index is 12.9. The highest BCUT2D eigenvalue weighted by Crippen LogP contribution is 2.35. The predicted octanol–water partition coefficient (Wildman–Crippen LogP) is 3.29. The van der Waals surface area contributed by atoms with Crippen LogP contribution in [0.3, 0.4) is 0 Å². The lowest BCUT2D eigenvalue weighted by Gasteiger charge is -2.14. The van der Waals surface area contributed by atoms with Crippen LogP contribution in [0.5, 0.6) is 0 Å². The topological polar surface area (TPSA) is 69.0 Å². The van der Waals surface area contributed by atoms with Gasteiger partial charge in [-0.1, -0.05) is 13.0 Å². The maximum atomic E-state index is 12.9. The average Bonchev–Trinajstić information content (AvgIpc) is 2.54. The number of hydrogen-bond donors (Lipinski definition) is 0. The highest BCUT2D eigenvalue weighted by atomic mass is 32.2. The highest BCUT2D eigenvalue weighted by Gasteiger charge is 2.33. The minimum Gasteiger partial charge on any atom is -0.268 e. The van der Waals surface area contributed by atoms with E-state index in [2.05, 4.69) is 5.10 Å². The standard InChI is InChI=1S/C15H12F6N2O3S/c1-2-27(25,26)12-7-9(15(19,20)21)3-4-10(12)11-5-6-13(24)23(22-11)8-14(16,17)18/h3-7H,2,8H2,1H3. The largest absolute Gasteiger partial charge is 0.416 e. The van der Waals surface area contributed by atoms with E-state index in [1.807, 2.05) is 0 Å². The van der Waals surface area contributed by atoms with Gasteiger partial charge >= 0.3 is 12.4 Å². The summed E-state index contributed by atoms with van der Waals surface area (Å²) in [5.41, 5.74) is -3.04. The Morgan fingerprint density at radius 3 is 2.19 bits per heavy atom. The molecule has 0 unspecified atom stereocenters. The molecule has 2 aromatic rings. The van der Waals surface area contributed by atoms with Crippen molar-refractivity contribution in [3.8, 4) is 11.3 Å². The molecule has 0 fully saturated rings. The van der Waals surface area contributed by atoms with E-state index in [1.165, 1.54) is 6.92 Å². The van der Waals surface area contributed by atoms with Crippen LogP contribution in [0.15, 0.2) is 40.0 Å². The molecule has 12 heteroatoms. The smallest absolute Gasteiger partial charge is 0.268 e. The van der Waals surface area contributed by atoms with E-state index < -0.39 is 50.5 Å². The van der Waals surface area contributed by atoms with Crippen molar-refractivity contribution in [3.63, 3.8) is 0 Å². The summed E-state index contributed by atoms with van der Waals surface area (Å²) in [5.74, 6) is -0.538. The van der Waals surface area contributed by atoms with Crippen molar-refractivity contribution in [2.75, 3.05) is 5.75 Å². The lowest BCUT2D eigenvalue weighted by molar-refractivity contribution is -0.143. The van der Waals surface area contributed by atoms with Crippen LogP contribution >= 0.6 is 0 Å². The van der Waals surface area contributed by atoms with Crippen molar-refractivity contribution < 1.29 is 34.8 Å². The molecule has 0 radical (unpaired) electrons. The number of benzene rings is 1. The minimum atomic E-state index is -4.82. The Bertz CT molecular complexity index is 1010. The summed E-state index contributed by atoms with van der Waals surface area (Å²) >= 11 is 0. The fourth-order valence-corrected chi connectivity index (χ4v) is 3.32. The van der Waals surface area contributed by atoms with E-state index in [0.29, 0.717) is 12.1 Å². The fourth-order valence-electron chi connectivity index (χ4n) is 2.20. The van der Waals surface area contributed by atoms with Crippen LogP contribution in [-0.2, 0) is 22.6 Å². The quantitative estimate of drug-likeness (QED) is 0.721. The third-order valence-electron chi connectivity index (χ3n) is 3.50. The molecule has 0 aliphatic carbocycles. The molecule has 2 rings (SSSR count). The van der Waals surface area contributed by atoms with Crippen LogP contribution in [0.25, 0.3) is 11.3 Å². The highest BCUT2D eigenvalue weighted by molar-refractivity contribution is 7.91. The summed E-state index contributed by atoms with van der Waals surface area (Å²) in [7, 11) is -4.17. The molecule has 0 saturated carbocycles. The van der Waals surface area contributed by atoms with Gasteiger partial charge in [-0.05, 0) is 18.2 Å². The SMILES string of the molecule is CCS(=O)(=O)c1cc(C(F)(F)F)ccc1-c1ccc(=O)n(CC(F)(F)F)n1. The molecule has 5 nitrogen and oxygen atoms in total. The van der Waals surface area contributed by atoms with Crippen molar-refractivity contribution in [1.29, 1.82) is 0 Å². The summed E-state index contributed by atoms with van der Waals surface area (Å²) in [6, 6.07) is 3.47. The summed E-state index contributed by atoms with van der Waals surface area (Å²) in [6.45, 7) is -0.520. The summed E-state index contributed by atoms with van der Waals surface area (Å²) in [6.07, 6.45) is -9.59. The number of hydrogen-bond acceptors (Lipinski definition) is 4. The van der Waals surface area contributed by atoms with Gasteiger partial charge in [-0.15, -0.1) is 0 Å². The van der Waals surface area contributed by atoms with Crippen molar-refractivity contribution in [2.45, 2.75) is 30.7 Å². The zero-order chi connectivity index (χ0) is 20.6. The Kier molecular flexibility index (Phi) is 5.41. The Balaban J connectivity index is 2.72. The second-order valence-corrected chi connectivity index (χ2v) is 7.69. The lowest BCUT2D eigenvalue weighted by atomic mass is 10.1. The van der Waals surface area contributed by atoms with Crippen molar-refractivity contribution in [1.82, 2.24) is 9.78 Å². The van der Waals surface area contributed by atoms with Gasteiger partial charge in [0.25, 0.3) is 5.56 Å². The average molecular weight is 414 g/mol. The number of halogens is 6. The van der Waals surface area contributed by atoms with E-state index in [-0.39, 0.29) is 15.9 Å². The summed E-state index contributed by atoms with van der Waals surface area (Å²) in [4.78, 5) is 10.8. The fraction of sp³-hybridized carbons (Fsp3) is 0.333. The molecule has 0 bridgehead atoms. The zero-order valence-electron chi connectivity index (χ0n) is 13.6. The van der Waals surface area contributed by atoms with E-state index >= 15 is 0 Å². The van der Waals surface area contributed by atoms with Crippen LogP contribution < -0.4 is 5.56 Å². The van der Waals surface area contributed by atoms with Crippen molar-refractivity contribution in [2.24, 2.45) is 0 Å². The van der Waals surface area contributed by atoms with Crippen LogP contribution in [0.2, 0.25) is 0 Å². The van der Waals surface area contributed by atoms with Gasteiger partial charge in [0.05, 0.1) is 21.9 Å². The molecular formula is C15H12F6N2O3S. The molecule has 1 aromatic carbocycles. The van der Waals surface area contributed by atoms with Crippen molar-refractivity contribution in [3.05, 3.63) is 46.2 Å². The van der Waals surface area contributed by atoms with E-state index in [9.17, 15) is 39.6 Å². The number of aromatic nitrogens is 2. The minimum absolute atomic E-state index is 0.0648. The van der Waals surface area contributed by atoms with E-state index in [0.717, 1.165) is 18.2 Å². The Hall–Kier alpha value is -2.37. The third kappa shape index (κ3) is 4.87. The summed E-state index contributed by atoms with van der Waals surface area (Å²) in [5, 5.41) is 3.47. The molecule has 0 aliphatic heterocycles. The number of sulfone groups is 1. The van der Waals surface area contributed by atoms with E-state index in [4.69, 9.17) is 0 Å². The molecule has 0 N–H and O–H groups in total. The first kappa shape index (κ1) is 20.9. The molecule has 0 aliphatic rings. The monoisotopic (exact) mass is 414 g/mol. The Labute approximate surface area is 149 Å². The molecule has 1 heterocycles. The van der Waals surface area contributed by atoms with Crippen LogP contribution in [0.1, 0.15) is 12.5 Å². The molecule has 148 valence electrons. The van der Waals surface area contributed by atoms with Crippen LogP contribution in [0.4, 0.5) is 26.3 Å². The molecule has 0 amide bonds. The summed E-state index contributed by atoms with van der Waals surface area (Å²) < 4.78 is 101. The van der Waals surface area contributed by atoms with Gasteiger partial charge < -0.3 is 0 Å². The molecule has 0 atom stereocenters. The molecule has 0 spiro atoms. The molecule has 27 heavy (non-hydrogen) atoms. The van der Waals surface area contributed by atoms with Gasteiger partial charge in [-0.25, -0.2) is 13.1 Å². The first-order chi connectivity index (χ1) is 12.2. The molecular weight excluding hydrogens is 402 g/mol. The Morgan fingerprint density at radius 1 is 1.04 bits per heavy atom. The van der Waals surface area contributed by atoms with Gasteiger partial charge in [0.2, 0.25) is 0 Å². The second-order valence-electron chi connectivity index (χ2n) is 5.44. The lowest BCUT2D eigenvalue weighted by Crippen LogP contribution is -2.29. The number of rotatable bonds is 4. The van der Waals surface area contributed by atoms with Gasteiger partial charge in [0.15, 0.2) is 9.84 Å². The first-order valence-corrected chi connectivity index (χ1v) is 8.99. The van der Waals surface area contributed by atoms with Gasteiger partial charge in [0.1, 0.15) is 6.54 Å². The Morgan fingerprint density at radius 2 is 1.67 bits per heavy atom. The predicted molar refractivity (Wildman–Crippen MR) is 82.7 cm³/mol.